The van der Waals surface area contributed by atoms with Crippen molar-refractivity contribution in [3.63, 3.8) is 0 Å². The Morgan fingerprint density at radius 1 is 0.926 bits per heavy atom. The maximum Gasteiger partial charge on any atom is 0.208 e. The fraction of sp³-hybridized carbons (Fsp3) is 0.286. The van der Waals surface area contributed by atoms with Crippen LogP contribution >= 0.6 is 0 Å². The quantitative estimate of drug-likeness (QED) is 0.698. The van der Waals surface area contributed by atoms with Crippen molar-refractivity contribution in [3.8, 4) is 0 Å². The molecule has 0 atom stereocenters. The van der Waals surface area contributed by atoms with Crippen LogP contribution < -0.4 is 4.90 Å². The zero-order valence-corrected chi connectivity index (χ0v) is 16.4. The van der Waals surface area contributed by atoms with Crippen molar-refractivity contribution in [2.45, 2.75) is 16.7 Å². The fourth-order valence-corrected chi connectivity index (χ4v) is 4.67. The molecule has 1 aromatic heterocycles. The van der Waals surface area contributed by atoms with Crippen LogP contribution in [0.25, 0.3) is 10.9 Å². The first-order chi connectivity index (χ1) is 12.9. The number of hydrogen-bond acceptors (Lipinski definition) is 5. The Labute approximate surface area is 160 Å². The van der Waals surface area contributed by atoms with Gasteiger partial charge in [-0.2, -0.15) is 0 Å². The van der Waals surface area contributed by atoms with Gasteiger partial charge in [0.25, 0.3) is 0 Å². The second-order valence-electron chi connectivity index (χ2n) is 7.13. The smallest absolute Gasteiger partial charge is 0.208 e. The first kappa shape index (κ1) is 17.9. The van der Waals surface area contributed by atoms with Gasteiger partial charge >= 0.3 is 0 Å². The first-order valence-electron chi connectivity index (χ1n) is 9.09. The summed E-state index contributed by atoms with van der Waals surface area (Å²) < 4.78 is 25.9. The van der Waals surface area contributed by atoms with E-state index in [1.165, 1.54) is 6.20 Å². The minimum atomic E-state index is -3.57. The number of rotatable bonds is 3. The molecule has 27 heavy (non-hydrogen) atoms. The minimum Gasteiger partial charge on any atom is -0.367 e. The standard InChI is InChI=1S/C21H23N3O2S/c1-16-6-8-18(9-7-16)27(25,26)19-14-17-4-3-5-20(21(17)22-15-19)24-12-10-23(2)11-13-24/h3-9,14-15H,10-13H2,1-2H3. The normalized spacial score (nSPS) is 16.0. The Balaban J connectivity index is 1.74. The number of aryl methyl sites for hydroxylation is 1. The van der Waals surface area contributed by atoms with Gasteiger partial charge in [0.15, 0.2) is 0 Å². The van der Waals surface area contributed by atoms with Crippen LogP contribution in [-0.2, 0) is 9.84 Å². The summed E-state index contributed by atoms with van der Waals surface area (Å²) in [6, 6.07) is 14.6. The summed E-state index contributed by atoms with van der Waals surface area (Å²) in [4.78, 5) is 9.71. The van der Waals surface area contributed by atoms with E-state index < -0.39 is 9.84 Å². The Kier molecular flexibility index (Phi) is 4.61. The van der Waals surface area contributed by atoms with E-state index in [9.17, 15) is 8.42 Å². The van der Waals surface area contributed by atoms with Crippen LogP contribution in [0.3, 0.4) is 0 Å². The maximum atomic E-state index is 13.0. The lowest BCUT2D eigenvalue weighted by molar-refractivity contribution is 0.313. The van der Waals surface area contributed by atoms with E-state index in [1.807, 2.05) is 31.2 Å². The molecular formula is C21H23N3O2S. The molecular weight excluding hydrogens is 358 g/mol. The van der Waals surface area contributed by atoms with Crippen LogP contribution in [-0.4, -0.2) is 51.5 Å². The lowest BCUT2D eigenvalue weighted by Gasteiger charge is -2.34. The van der Waals surface area contributed by atoms with E-state index in [0.29, 0.717) is 4.90 Å². The summed E-state index contributed by atoms with van der Waals surface area (Å²) in [5.41, 5.74) is 2.95. The number of anilines is 1. The highest BCUT2D eigenvalue weighted by Crippen LogP contribution is 2.29. The zero-order chi connectivity index (χ0) is 19.0. The molecule has 0 bridgehead atoms. The SMILES string of the molecule is Cc1ccc(S(=O)(=O)c2cnc3c(N4CCN(C)CC4)cccc3c2)cc1. The molecule has 3 aromatic rings. The van der Waals surface area contributed by atoms with Crippen LogP contribution in [0.15, 0.2) is 64.5 Å². The van der Waals surface area contributed by atoms with Crippen LogP contribution in [0.4, 0.5) is 5.69 Å². The number of likely N-dealkylation sites (N-methyl/N-ethyl adjacent to an activating group) is 1. The number of piperazine rings is 1. The third kappa shape index (κ3) is 3.42. The Morgan fingerprint density at radius 2 is 1.63 bits per heavy atom. The molecule has 5 nitrogen and oxygen atoms in total. The number of aromatic nitrogens is 1. The van der Waals surface area contributed by atoms with E-state index in [2.05, 4.69) is 27.9 Å². The van der Waals surface area contributed by atoms with Crippen LogP contribution in [0.1, 0.15) is 5.56 Å². The second-order valence-corrected chi connectivity index (χ2v) is 9.08. The highest BCUT2D eigenvalue weighted by atomic mass is 32.2. The number of hydrogen-bond donors (Lipinski definition) is 0. The van der Waals surface area contributed by atoms with E-state index in [-0.39, 0.29) is 4.90 Å². The van der Waals surface area contributed by atoms with Crippen molar-refractivity contribution < 1.29 is 8.42 Å². The van der Waals surface area contributed by atoms with Gasteiger partial charge in [-0.15, -0.1) is 0 Å². The second kappa shape index (κ2) is 6.94. The van der Waals surface area contributed by atoms with E-state index in [0.717, 1.165) is 48.3 Å². The summed E-state index contributed by atoms with van der Waals surface area (Å²) in [7, 11) is -1.45. The first-order valence-corrected chi connectivity index (χ1v) is 10.6. The molecule has 0 aliphatic carbocycles. The van der Waals surface area contributed by atoms with Gasteiger partial charge in [-0.05, 0) is 38.2 Å². The van der Waals surface area contributed by atoms with Gasteiger partial charge in [-0.25, -0.2) is 8.42 Å². The zero-order valence-electron chi connectivity index (χ0n) is 15.6. The molecule has 6 heteroatoms. The number of pyridine rings is 1. The number of nitrogens with zero attached hydrogens (tertiary/aromatic N) is 3. The molecule has 2 aromatic carbocycles. The van der Waals surface area contributed by atoms with Crippen molar-refractivity contribution in [1.82, 2.24) is 9.88 Å². The topological polar surface area (TPSA) is 53.5 Å². The number of fused-ring (bicyclic) bond motifs is 1. The summed E-state index contributed by atoms with van der Waals surface area (Å²) in [5.74, 6) is 0. The third-order valence-electron chi connectivity index (χ3n) is 5.15. The van der Waals surface area contributed by atoms with Gasteiger partial charge in [0.05, 0.1) is 21.0 Å². The molecule has 0 amide bonds. The molecule has 0 spiro atoms. The molecule has 1 aliphatic heterocycles. The largest absolute Gasteiger partial charge is 0.367 e. The van der Waals surface area contributed by atoms with Crippen molar-refractivity contribution in [1.29, 1.82) is 0 Å². The van der Waals surface area contributed by atoms with Crippen molar-refractivity contribution >= 4 is 26.4 Å². The Bertz CT molecular complexity index is 1070. The summed E-state index contributed by atoms with van der Waals surface area (Å²) in [6.45, 7) is 5.85. The number of para-hydroxylation sites is 1. The predicted octanol–water partition coefficient (Wildman–Crippen LogP) is 3.13. The fourth-order valence-electron chi connectivity index (χ4n) is 3.43. The average Bonchev–Trinajstić information content (AvgIpc) is 2.68. The molecule has 1 aliphatic rings. The molecule has 0 saturated carbocycles. The lowest BCUT2D eigenvalue weighted by Crippen LogP contribution is -2.44. The molecule has 4 rings (SSSR count). The molecule has 2 heterocycles. The molecule has 1 fully saturated rings. The third-order valence-corrected chi connectivity index (χ3v) is 6.89. The minimum absolute atomic E-state index is 0.231. The predicted molar refractivity (Wildman–Crippen MR) is 108 cm³/mol. The van der Waals surface area contributed by atoms with E-state index in [4.69, 9.17) is 0 Å². The molecule has 0 radical (unpaired) electrons. The highest BCUT2D eigenvalue weighted by molar-refractivity contribution is 7.91. The van der Waals surface area contributed by atoms with Crippen LogP contribution in [0.2, 0.25) is 0 Å². The molecule has 140 valence electrons. The monoisotopic (exact) mass is 381 g/mol. The van der Waals surface area contributed by atoms with Crippen LogP contribution in [0, 0.1) is 6.92 Å². The molecule has 1 saturated heterocycles. The van der Waals surface area contributed by atoms with E-state index >= 15 is 0 Å². The Hall–Kier alpha value is -2.44. The van der Waals surface area contributed by atoms with Crippen molar-refractivity contribution in [2.24, 2.45) is 0 Å². The van der Waals surface area contributed by atoms with Gasteiger partial charge < -0.3 is 9.80 Å². The van der Waals surface area contributed by atoms with Gasteiger partial charge in [-0.1, -0.05) is 29.8 Å². The van der Waals surface area contributed by atoms with Gasteiger partial charge in [0, 0.05) is 37.8 Å². The molecule has 0 unspecified atom stereocenters. The van der Waals surface area contributed by atoms with Crippen LogP contribution in [0.5, 0.6) is 0 Å². The average molecular weight is 382 g/mol. The van der Waals surface area contributed by atoms with Crippen molar-refractivity contribution in [2.75, 3.05) is 38.1 Å². The lowest BCUT2D eigenvalue weighted by atomic mass is 10.1. The van der Waals surface area contributed by atoms with Crippen molar-refractivity contribution in [3.05, 3.63) is 60.3 Å². The number of sulfone groups is 1. The van der Waals surface area contributed by atoms with E-state index in [1.54, 1.807) is 18.2 Å². The maximum absolute atomic E-state index is 13.0. The summed E-state index contributed by atoms with van der Waals surface area (Å²) >= 11 is 0. The molecule has 0 N–H and O–H groups in total. The summed E-state index contributed by atoms with van der Waals surface area (Å²) in [6.07, 6.45) is 1.48. The number of benzene rings is 2. The van der Waals surface area contributed by atoms with Gasteiger partial charge in [-0.3, -0.25) is 4.98 Å². The highest BCUT2D eigenvalue weighted by Gasteiger charge is 2.21. The summed E-state index contributed by atoms with van der Waals surface area (Å²) in [5, 5.41) is 0.847. The van der Waals surface area contributed by atoms with Gasteiger partial charge in [0.1, 0.15) is 0 Å². The van der Waals surface area contributed by atoms with Gasteiger partial charge in [0.2, 0.25) is 9.84 Å². The Morgan fingerprint density at radius 3 is 2.33 bits per heavy atom.